The van der Waals surface area contributed by atoms with E-state index in [2.05, 4.69) is 174 Å². The molecule has 0 aliphatic rings. The largest absolute Gasteiger partial charge is 0.309 e. The van der Waals surface area contributed by atoms with Crippen molar-refractivity contribution in [1.29, 1.82) is 0 Å². The molecule has 4 nitrogen and oxygen atoms in total. The van der Waals surface area contributed by atoms with Crippen molar-refractivity contribution >= 4 is 54.1 Å². The van der Waals surface area contributed by atoms with Crippen LogP contribution in [-0.2, 0) is 0 Å². The summed E-state index contributed by atoms with van der Waals surface area (Å²) in [4.78, 5) is 15.7. The smallest absolute Gasteiger partial charge is 0.164 e. The third-order valence-electron chi connectivity index (χ3n) is 10.8. The van der Waals surface area contributed by atoms with Gasteiger partial charge in [0, 0.05) is 43.9 Å². The number of hydrogen-bond donors (Lipinski definition) is 0. The van der Waals surface area contributed by atoms with Crippen LogP contribution < -0.4 is 0 Å². The maximum atomic E-state index is 5.30. The van der Waals surface area contributed by atoms with Crippen LogP contribution in [0, 0.1) is 0 Å². The predicted octanol–water partition coefficient (Wildman–Crippen LogP) is 13.1. The van der Waals surface area contributed by atoms with Gasteiger partial charge in [-0.05, 0) is 63.0 Å². The first-order valence-corrected chi connectivity index (χ1v) is 18.6. The van der Waals surface area contributed by atoms with Gasteiger partial charge in [0.2, 0.25) is 0 Å². The Hall–Kier alpha value is -7.43. The van der Waals surface area contributed by atoms with Gasteiger partial charge in [0.1, 0.15) is 0 Å². The highest BCUT2D eigenvalue weighted by molar-refractivity contribution is 6.37. The van der Waals surface area contributed by atoms with E-state index in [0.29, 0.717) is 17.5 Å². The number of rotatable bonds is 5. The Morgan fingerprint density at radius 1 is 0.309 bits per heavy atom. The molecule has 0 spiro atoms. The van der Waals surface area contributed by atoms with Crippen molar-refractivity contribution in [1.82, 2.24) is 19.5 Å². The molecule has 0 aliphatic heterocycles. The van der Waals surface area contributed by atoms with Gasteiger partial charge < -0.3 is 4.57 Å². The highest BCUT2D eigenvalue weighted by Gasteiger charge is 2.23. The Balaban J connectivity index is 1.25. The average molecular weight is 701 g/mol. The monoisotopic (exact) mass is 700 g/mol. The van der Waals surface area contributed by atoms with Crippen LogP contribution >= 0.6 is 0 Å². The fourth-order valence-corrected chi connectivity index (χ4v) is 8.37. The Labute approximate surface area is 317 Å². The minimum absolute atomic E-state index is 0.636. The zero-order valence-corrected chi connectivity index (χ0v) is 29.8. The van der Waals surface area contributed by atoms with Gasteiger partial charge in [0.25, 0.3) is 0 Å². The lowest BCUT2D eigenvalue weighted by atomic mass is 9.90. The molecule has 0 unspecified atom stereocenters. The minimum Gasteiger partial charge on any atom is -0.309 e. The van der Waals surface area contributed by atoms with E-state index in [4.69, 9.17) is 15.0 Å². The molecule has 11 rings (SSSR count). The molecule has 256 valence electrons. The molecule has 0 saturated carbocycles. The molecule has 0 bridgehead atoms. The van der Waals surface area contributed by atoms with Crippen molar-refractivity contribution < 1.29 is 0 Å². The van der Waals surface area contributed by atoms with Crippen LogP contribution in [0.1, 0.15) is 0 Å². The number of hydrogen-bond acceptors (Lipinski definition) is 3. The highest BCUT2D eigenvalue weighted by Crippen LogP contribution is 2.46. The summed E-state index contributed by atoms with van der Waals surface area (Å²) in [7, 11) is 0. The van der Waals surface area contributed by atoms with Crippen LogP contribution in [0.2, 0.25) is 0 Å². The molecular formula is C51H32N4. The number of benzene rings is 9. The van der Waals surface area contributed by atoms with Crippen LogP contribution in [0.4, 0.5) is 0 Å². The van der Waals surface area contributed by atoms with Crippen molar-refractivity contribution in [2.75, 3.05) is 0 Å². The molecule has 0 amide bonds. The van der Waals surface area contributed by atoms with Crippen molar-refractivity contribution in [3.8, 4) is 51.0 Å². The van der Waals surface area contributed by atoms with E-state index in [1.165, 1.54) is 43.4 Å². The van der Waals surface area contributed by atoms with Crippen molar-refractivity contribution in [3.63, 3.8) is 0 Å². The van der Waals surface area contributed by atoms with E-state index < -0.39 is 0 Å². The standard InChI is InChI=1S/C51H32N4/c1-4-17-33(18-5-1)35-21-16-22-36(31-35)50-52-49(34-19-6-2-7-20-34)53-51(54-50)44-32-43-39-26-11-13-28-41(39)48-47(46(43)40-27-12-10-25-38(40)44)42-29-14-15-30-45(42)55(48)37-23-8-3-9-24-37/h1-32H. The molecule has 55 heavy (non-hydrogen) atoms. The van der Waals surface area contributed by atoms with Crippen molar-refractivity contribution in [3.05, 3.63) is 194 Å². The van der Waals surface area contributed by atoms with Crippen LogP contribution in [0.5, 0.6) is 0 Å². The Morgan fingerprint density at radius 3 is 1.58 bits per heavy atom. The first-order valence-electron chi connectivity index (χ1n) is 18.6. The fraction of sp³-hybridized carbons (Fsp3) is 0. The Bertz CT molecular complexity index is 3240. The molecule has 0 aliphatic carbocycles. The second kappa shape index (κ2) is 12.6. The molecule has 0 atom stereocenters. The summed E-state index contributed by atoms with van der Waals surface area (Å²) in [6.45, 7) is 0. The van der Waals surface area contributed by atoms with E-state index in [1.54, 1.807) is 0 Å². The first-order chi connectivity index (χ1) is 27.3. The predicted molar refractivity (Wildman–Crippen MR) is 228 cm³/mol. The van der Waals surface area contributed by atoms with Gasteiger partial charge in [-0.3, -0.25) is 0 Å². The summed E-state index contributed by atoms with van der Waals surface area (Å²) in [5.41, 5.74) is 8.64. The highest BCUT2D eigenvalue weighted by atomic mass is 15.0. The van der Waals surface area contributed by atoms with E-state index in [-0.39, 0.29) is 0 Å². The van der Waals surface area contributed by atoms with E-state index in [0.717, 1.165) is 44.3 Å². The molecule has 2 aromatic heterocycles. The molecule has 0 fully saturated rings. The molecule has 9 aromatic carbocycles. The normalized spacial score (nSPS) is 11.6. The molecule has 4 heteroatoms. The topological polar surface area (TPSA) is 43.6 Å². The summed E-state index contributed by atoms with van der Waals surface area (Å²) in [6, 6.07) is 68.5. The zero-order valence-electron chi connectivity index (χ0n) is 29.8. The maximum Gasteiger partial charge on any atom is 0.164 e. The third kappa shape index (κ3) is 5.03. The summed E-state index contributed by atoms with van der Waals surface area (Å²) < 4.78 is 2.43. The number of para-hydroxylation sites is 2. The fourth-order valence-electron chi connectivity index (χ4n) is 8.37. The summed E-state index contributed by atoms with van der Waals surface area (Å²) in [5.74, 6) is 1.92. The minimum atomic E-state index is 0.636. The van der Waals surface area contributed by atoms with E-state index in [1.807, 2.05) is 24.3 Å². The van der Waals surface area contributed by atoms with Gasteiger partial charge in [-0.1, -0.05) is 164 Å². The second-order valence-corrected chi connectivity index (χ2v) is 14.0. The first kappa shape index (κ1) is 31.1. The average Bonchev–Trinajstić information content (AvgIpc) is 3.62. The van der Waals surface area contributed by atoms with Crippen molar-refractivity contribution in [2.24, 2.45) is 0 Å². The second-order valence-electron chi connectivity index (χ2n) is 14.0. The quantitative estimate of drug-likeness (QED) is 0.168. The molecule has 0 saturated heterocycles. The lowest BCUT2D eigenvalue weighted by molar-refractivity contribution is 1.08. The molecule has 0 N–H and O–H groups in total. The lowest BCUT2D eigenvalue weighted by Gasteiger charge is -2.16. The van der Waals surface area contributed by atoms with Gasteiger partial charge in [-0.25, -0.2) is 15.0 Å². The van der Waals surface area contributed by atoms with E-state index >= 15 is 0 Å². The Kier molecular flexibility index (Phi) is 7.14. The van der Waals surface area contributed by atoms with Crippen LogP contribution in [0.25, 0.3) is 105 Å². The maximum absolute atomic E-state index is 5.30. The van der Waals surface area contributed by atoms with Crippen LogP contribution in [0.15, 0.2) is 194 Å². The van der Waals surface area contributed by atoms with Gasteiger partial charge in [-0.2, -0.15) is 0 Å². The van der Waals surface area contributed by atoms with Gasteiger partial charge in [-0.15, -0.1) is 0 Å². The van der Waals surface area contributed by atoms with Gasteiger partial charge in [0.15, 0.2) is 17.5 Å². The summed E-state index contributed by atoms with van der Waals surface area (Å²) in [5, 5.41) is 9.51. The van der Waals surface area contributed by atoms with Gasteiger partial charge >= 0.3 is 0 Å². The van der Waals surface area contributed by atoms with Crippen LogP contribution in [0.3, 0.4) is 0 Å². The number of nitrogens with zero attached hydrogens (tertiary/aromatic N) is 4. The summed E-state index contributed by atoms with van der Waals surface area (Å²) in [6.07, 6.45) is 0. The lowest BCUT2D eigenvalue weighted by Crippen LogP contribution is -2.01. The molecule has 0 radical (unpaired) electrons. The van der Waals surface area contributed by atoms with Gasteiger partial charge in [0.05, 0.1) is 11.0 Å². The molecule has 11 aromatic rings. The number of aromatic nitrogens is 4. The molecular weight excluding hydrogens is 669 g/mol. The van der Waals surface area contributed by atoms with Crippen LogP contribution in [-0.4, -0.2) is 19.5 Å². The third-order valence-corrected chi connectivity index (χ3v) is 10.8. The summed E-state index contributed by atoms with van der Waals surface area (Å²) >= 11 is 0. The zero-order chi connectivity index (χ0) is 36.3. The molecule has 2 heterocycles. The Morgan fingerprint density at radius 2 is 0.836 bits per heavy atom. The SMILES string of the molecule is c1ccc(-c2cccc(-c3nc(-c4ccccc4)nc(-c4cc5c6ccccc6c6c(c7ccccc7n6-c6ccccc6)c5c5ccccc45)n3)c2)cc1. The van der Waals surface area contributed by atoms with Crippen molar-refractivity contribution in [2.45, 2.75) is 0 Å². The number of fused-ring (bicyclic) bond motifs is 10. The van der Waals surface area contributed by atoms with E-state index in [9.17, 15) is 0 Å².